The van der Waals surface area contributed by atoms with Crippen molar-refractivity contribution in [2.45, 2.75) is 6.54 Å². The molecular weight excluding hydrogens is 322 g/mol. The van der Waals surface area contributed by atoms with Gasteiger partial charge in [0.25, 0.3) is 0 Å². The van der Waals surface area contributed by atoms with Gasteiger partial charge >= 0.3 is 5.97 Å². The SMILES string of the molecule is COC(=O)c1cc(NCc2ccc(Br)cc2)ccc1O. The van der Waals surface area contributed by atoms with Crippen molar-refractivity contribution in [3.05, 3.63) is 58.1 Å². The van der Waals surface area contributed by atoms with Crippen molar-refractivity contribution >= 4 is 27.6 Å². The topological polar surface area (TPSA) is 58.6 Å². The standard InChI is InChI=1S/C15H14BrNO3/c1-20-15(19)13-8-12(6-7-14(13)18)17-9-10-2-4-11(16)5-3-10/h2-8,17-18H,9H2,1H3. The van der Waals surface area contributed by atoms with Crippen molar-refractivity contribution in [1.82, 2.24) is 0 Å². The number of halogens is 1. The van der Waals surface area contributed by atoms with Gasteiger partial charge in [-0.05, 0) is 35.9 Å². The van der Waals surface area contributed by atoms with Crippen molar-refractivity contribution in [3.63, 3.8) is 0 Å². The molecule has 0 saturated heterocycles. The van der Waals surface area contributed by atoms with E-state index in [-0.39, 0.29) is 11.3 Å². The number of nitrogens with one attached hydrogen (secondary N) is 1. The maximum Gasteiger partial charge on any atom is 0.341 e. The van der Waals surface area contributed by atoms with Crippen LogP contribution >= 0.6 is 15.9 Å². The highest BCUT2D eigenvalue weighted by Crippen LogP contribution is 2.22. The first-order chi connectivity index (χ1) is 9.60. The number of hydrogen-bond acceptors (Lipinski definition) is 4. The zero-order valence-electron chi connectivity index (χ0n) is 10.9. The average Bonchev–Trinajstić information content (AvgIpc) is 2.47. The van der Waals surface area contributed by atoms with Gasteiger partial charge in [0, 0.05) is 16.7 Å². The normalized spacial score (nSPS) is 10.1. The summed E-state index contributed by atoms with van der Waals surface area (Å²) in [7, 11) is 1.28. The van der Waals surface area contributed by atoms with Crippen molar-refractivity contribution in [1.29, 1.82) is 0 Å². The Kier molecular flexibility index (Phi) is 4.63. The van der Waals surface area contributed by atoms with Gasteiger partial charge in [0.05, 0.1) is 7.11 Å². The van der Waals surface area contributed by atoms with Gasteiger partial charge in [0.1, 0.15) is 11.3 Å². The molecule has 0 amide bonds. The molecule has 0 bridgehead atoms. The summed E-state index contributed by atoms with van der Waals surface area (Å²) in [5.41, 5.74) is 2.00. The summed E-state index contributed by atoms with van der Waals surface area (Å²) >= 11 is 3.38. The van der Waals surface area contributed by atoms with E-state index in [1.165, 1.54) is 13.2 Å². The summed E-state index contributed by atoms with van der Waals surface area (Å²) in [6.45, 7) is 0.624. The van der Waals surface area contributed by atoms with E-state index in [1.54, 1.807) is 12.1 Å². The third-order valence-electron chi connectivity index (χ3n) is 2.81. The second-order valence-corrected chi connectivity index (χ2v) is 5.12. The highest BCUT2D eigenvalue weighted by atomic mass is 79.9. The predicted octanol–water partition coefficient (Wildman–Crippen LogP) is 3.55. The minimum Gasteiger partial charge on any atom is -0.507 e. The highest BCUT2D eigenvalue weighted by Gasteiger charge is 2.11. The fraction of sp³-hybridized carbons (Fsp3) is 0.133. The molecule has 0 aliphatic carbocycles. The zero-order chi connectivity index (χ0) is 14.5. The largest absolute Gasteiger partial charge is 0.507 e. The van der Waals surface area contributed by atoms with Crippen LogP contribution in [0.15, 0.2) is 46.9 Å². The van der Waals surface area contributed by atoms with Gasteiger partial charge in [-0.15, -0.1) is 0 Å². The van der Waals surface area contributed by atoms with Crippen LogP contribution in [0.25, 0.3) is 0 Å². The van der Waals surface area contributed by atoms with E-state index in [2.05, 4.69) is 26.0 Å². The lowest BCUT2D eigenvalue weighted by molar-refractivity contribution is 0.0597. The van der Waals surface area contributed by atoms with E-state index >= 15 is 0 Å². The number of rotatable bonds is 4. The predicted molar refractivity (Wildman–Crippen MR) is 80.9 cm³/mol. The summed E-state index contributed by atoms with van der Waals surface area (Å²) in [5.74, 6) is -0.652. The smallest absolute Gasteiger partial charge is 0.341 e. The molecule has 5 heteroatoms. The Bertz CT molecular complexity index is 611. The van der Waals surface area contributed by atoms with Crippen molar-refractivity contribution in [2.75, 3.05) is 12.4 Å². The highest BCUT2D eigenvalue weighted by molar-refractivity contribution is 9.10. The lowest BCUT2D eigenvalue weighted by Crippen LogP contribution is -2.04. The van der Waals surface area contributed by atoms with Crippen LogP contribution in [0.3, 0.4) is 0 Å². The molecule has 4 nitrogen and oxygen atoms in total. The molecule has 0 spiro atoms. The third kappa shape index (κ3) is 3.51. The summed E-state index contributed by atoms with van der Waals surface area (Å²) in [4.78, 5) is 11.5. The molecule has 2 aromatic carbocycles. The Labute approximate surface area is 125 Å². The molecule has 0 aliphatic rings. The Morgan fingerprint density at radius 3 is 2.60 bits per heavy atom. The van der Waals surface area contributed by atoms with E-state index in [0.29, 0.717) is 6.54 Å². The Morgan fingerprint density at radius 1 is 1.25 bits per heavy atom. The minimum absolute atomic E-state index is 0.0916. The summed E-state index contributed by atoms with van der Waals surface area (Å²) in [5, 5.41) is 12.8. The average molecular weight is 336 g/mol. The number of esters is 1. The molecule has 0 radical (unpaired) electrons. The van der Waals surface area contributed by atoms with Gasteiger partial charge in [0.2, 0.25) is 0 Å². The van der Waals surface area contributed by atoms with Crippen LogP contribution in [-0.2, 0) is 11.3 Å². The van der Waals surface area contributed by atoms with Crippen molar-refractivity contribution < 1.29 is 14.6 Å². The minimum atomic E-state index is -0.560. The van der Waals surface area contributed by atoms with Crippen LogP contribution in [0.5, 0.6) is 5.75 Å². The second kappa shape index (κ2) is 6.43. The fourth-order valence-electron chi connectivity index (χ4n) is 1.73. The monoisotopic (exact) mass is 335 g/mol. The van der Waals surface area contributed by atoms with Crippen LogP contribution in [-0.4, -0.2) is 18.2 Å². The molecule has 2 N–H and O–H groups in total. The number of methoxy groups -OCH3 is 1. The Balaban J connectivity index is 2.10. The number of aromatic hydroxyl groups is 1. The number of phenols is 1. The van der Waals surface area contributed by atoms with Gasteiger partial charge < -0.3 is 15.2 Å². The lowest BCUT2D eigenvalue weighted by atomic mass is 10.1. The van der Waals surface area contributed by atoms with E-state index in [0.717, 1.165) is 15.7 Å². The van der Waals surface area contributed by atoms with Crippen LogP contribution in [0, 0.1) is 0 Å². The molecule has 20 heavy (non-hydrogen) atoms. The van der Waals surface area contributed by atoms with Gasteiger partial charge in [0.15, 0.2) is 0 Å². The van der Waals surface area contributed by atoms with E-state index in [1.807, 2.05) is 24.3 Å². The van der Waals surface area contributed by atoms with Gasteiger partial charge in [-0.2, -0.15) is 0 Å². The molecule has 0 fully saturated rings. The summed E-state index contributed by atoms with van der Waals surface area (Å²) in [6, 6.07) is 12.7. The number of ether oxygens (including phenoxy) is 1. The molecule has 0 aromatic heterocycles. The van der Waals surface area contributed by atoms with Crippen LogP contribution in [0.1, 0.15) is 15.9 Å². The number of carbonyl (C=O) groups is 1. The Hall–Kier alpha value is -2.01. The third-order valence-corrected chi connectivity index (χ3v) is 3.34. The van der Waals surface area contributed by atoms with E-state index < -0.39 is 5.97 Å². The van der Waals surface area contributed by atoms with Gasteiger partial charge in [-0.1, -0.05) is 28.1 Å². The van der Waals surface area contributed by atoms with E-state index in [9.17, 15) is 9.90 Å². The van der Waals surface area contributed by atoms with Gasteiger partial charge in [-0.25, -0.2) is 4.79 Å². The number of phenolic OH excluding ortho intramolecular Hbond substituents is 1. The lowest BCUT2D eigenvalue weighted by Gasteiger charge is -2.09. The number of carbonyl (C=O) groups excluding carboxylic acids is 1. The van der Waals surface area contributed by atoms with Crippen molar-refractivity contribution in [2.24, 2.45) is 0 Å². The second-order valence-electron chi connectivity index (χ2n) is 4.20. The molecule has 2 rings (SSSR count). The number of benzene rings is 2. The van der Waals surface area contributed by atoms with Crippen LogP contribution < -0.4 is 5.32 Å². The first-order valence-electron chi connectivity index (χ1n) is 6.00. The van der Waals surface area contributed by atoms with Crippen LogP contribution in [0.4, 0.5) is 5.69 Å². The molecule has 104 valence electrons. The number of anilines is 1. The van der Waals surface area contributed by atoms with Gasteiger partial charge in [-0.3, -0.25) is 0 Å². The summed E-state index contributed by atoms with van der Waals surface area (Å²) < 4.78 is 5.64. The van der Waals surface area contributed by atoms with E-state index in [4.69, 9.17) is 0 Å². The molecular formula is C15H14BrNO3. The first-order valence-corrected chi connectivity index (χ1v) is 6.79. The maximum atomic E-state index is 11.5. The molecule has 0 heterocycles. The molecule has 0 aliphatic heterocycles. The Morgan fingerprint density at radius 2 is 1.95 bits per heavy atom. The summed E-state index contributed by atoms with van der Waals surface area (Å²) in [6.07, 6.45) is 0. The van der Waals surface area contributed by atoms with Crippen LogP contribution in [0.2, 0.25) is 0 Å². The molecule has 2 aromatic rings. The quantitative estimate of drug-likeness (QED) is 0.662. The fourth-order valence-corrected chi connectivity index (χ4v) is 1.99. The van der Waals surface area contributed by atoms with Crippen molar-refractivity contribution in [3.8, 4) is 5.75 Å². The zero-order valence-corrected chi connectivity index (χ0v) is 12.5. The first kappa shape index (κ1) is 14.4. The molecule has 0 unspecified atom stereocenters. The molecule has 0 saturated carbocycles. The molecule has 0 atom stereocenters. The number of hydrogen-bond donors (Lipinski definition) is 2. The maximum absolute atomic E-state index is 11.5.